The third kappa shape index (κ3) is 3.99. The number of carbonyl (C=O) groups excluding carboxylic acids is 2. The first-order valence-electron chi connectivity index (χ1n) is 7.73. The fraction of sp³-hybridized carbons (Fsp3) is 0.444. The molecular weight excluding hydrogens is 292 g/mol. The lowest BCUT2D eigenvalue weighted by atomic mass is 9.88. The van der Waals surface area contributed by atoms with E-state index < -0.39 is 0 Å². The second-order valence-electron chi connectivity index (χ2n) is 7.10. The third-order valence-corrected chi connectivity index (χ3v) is 3.79. The molecule has 0 saturated carbocycles. The summed E-state index contributed by atoms with van der Waals surface area (Å²) in [6.07, 6.45) is 0.657. The summed E-state index contributed by atoms with van der Waals surface area (Å²) in [5, 5.41) is 12.2. The third-order valence-electron chi connectivity index (χ3n) is 3.79. The van der Waals surface area contributed by atoms with Gasteiger partial charge in [-0.3, -0.25) is 14.5 Å². The topological polar surface area (TPSA) is 69.6 Å². The first-order valence-corrected chi connectivity index (χ1v) is 7.73. The number of amides is 2. The van der Waals surface area contributed by atoms with Crippen molar-refractivity contribution < 1.29 is 14.7 Å². The number of aliphatic hydroxyl groups is 1. The van der Waals surface area contributed by atoms with Gasteiger partial charge in [0.1, 0.15) is 6.54 Å². The fourth-order valence-corrected chi connectivity index (χ4v) is 2.82. The van der Waals surface area contributed by atoms with Crippen molar-refractivity contribution in [3.05, 3.63) is 42.0 Å². The van der Waals surface area contributed by atoms with Gasteiger partial charge in [0.15, 0.2) is 0 Å². The van der Waals surface area contributed by atoms with Crippen LogP contribution in [0.3, 0.4) is 0 Å². The molecule has 5 nitrogen and oxygen atoms in total. The van der Waals surface area contributed by atoms with Crippen LogP contribution in [0.5, 0.6) is 0 Å². The van der Waals surface area contributed by atoms with E-state index in [-0.39, 0.29) is 36.4 Å². The van der Waals surface area contributed by atoms with E-state index in [2.05, 4.69) is 11.9 Å². The van der Waals surface area contributed by atoms with Gasteiger partial charge in [-0.2, -0.15) is 0 Å². The van der Waals surface area contributed by atoms with E-state index in [4.69, 9.17) is 0 Å². The molecule has 0 aromatic heterocycles. The molecule has 1 heterocycles. The molecule has 1 aromatic carbocycles. The van der Waals surface area contributed by atoms with Crippen LogP contribution in [0.25, 0.3) is 5.70 Å². The quantitative estimate of drug-likeness (QED) is 0.873. The largest absolute Gasteiger partial charge is 0.394 e. The van der Waals surface area contributed by atoms with Crippen LogP contribution in [0.1, 0.15) is 43.1 Å². The summed E-state index contributed by atoms with van der Waals surface area (Å²) in [5.74, 6) is -0.507. The van der Waals surface area contributed by atoms with Gasteiger partial charge in [0.05, 0.1) is 12.6 Å². The van der Waals surface area contributed by atoms with Crippen LogP contribution in [0, 0.1) is 5.41 Å². The Kier molecular flexibility index (Phi) is 4.90. The molecule has 2 N–H and O–H groups in total. The summed E-state index contributed by atoms with van der Waals surface area (Å²) in [7, 11) is 0. The Morgan fingerprint density at radius 1 is 1.30 bits per heavy atom. The minimum absolute atomic E-state index is 0.00995. The summed E-state index contributed by atoms with van der Waals surface area (Å²) in [6, 6.07) is 6.86. The standard InChI is InChI=1S/C18H24N2O3/c1-12-14-7-5-6-8-15(14)17(23)20(12)10-16(22)19-13(11-21)9-18(2,3)4/h5-8,13,21H,1,9-11H2,2-4H3,(H,19,22). The summed E-state index contributed by atoms with van der Waals surface area (Å²) < 4.78 is 0. The highest BCUT2D eigenvalue weighted by molar-refractivity contribution is 6.10. The molecule has 1 unspecified atom stereocenters. The number of nitrogens with zero attached hydrogens (tertiary/aromatic N) is 1. The van der Waals surface area contributed by atoms with Gasteiger partial charge in [0, 0.05) is 16.8 Å². The van der Waals surface area contributed by atoms with E-state index in [0.717, 1.165) is 5.56 Å². The predicted octanol–water partition coefficient (Wildman–Crippen LogP) is 2.03. The molecule has 0 saturated heterocycles. The molecule has 1 aliphatic rings. The van der Waals surface area contributed by atoms with Gasteiger partial charge in [-0.05, 0) is 17.9 Å². The zero-order chi connectivity index (χ0) is 17.2. The van der Waals surface area contributed by atoms with Crippen LogP contribution in [0.4, 0.5) is 0 Å². The average molecular weight is 316 g/mol. The van der Waals surface area contributed by atoms with Crippen molar-refractivity contribution in [3.8, 4) is 0 Å². The molecular formula is C18H24N2O3. The van der Waals surface area contributed by atoms with E-state index in [1.165, 1.54) is 4.90 Å². The normalized spacial score (nSPS) is 15.6. The maximum Gasteiger partial charge on any atom is 0.259 e. The number of hydrogen-bond acceptors (Lipinski definition) is 3. The maximum atomic E-state index is 12.4. The molecule has 1 aliphatic heterocycles. The van der Waals surface area contributed by atoms with Crippen molar-refractivity contribution in [2.24, 2.45) is 5.41 Å². The van der Waals surface area contributed by atoms with Gasteiger partial charge >= 0.3 is 0 Å². The van der Waals surface area contributed by atoms with Crippen LogP contribution in [0.15, 0.2) is 30.8 Å². The first kappa shape index (κ1) is 17.2. The monoisotopic (exact) mass is 316 g/mol. The molecule has 124 valence electrons. The van der Waals surface area contributed by atoms with Gasteiger partial charge in [-0.25, -0.2) is 0 Å². The first-order chi connectivity index (χ1) is 10.7. The van der Waals surface area contributed by atoms with E-state index >= 15 is 0 Å². The van der Waals surface area contributed by atoms with Crippen molar-refractivity contribution in [3.63, 3.8) is 0 Å². The van der Waals surface area contributed by atoms with Gasteiger partial charge in [-0.15, -0.1) is 0 Å². The SMILES string of the molecule is C=C1c2ccccc2C(=O)N1CC(=O)NC(CO)CC(C)(C)C. The maximum absolute atomic E-state index is 12.4. The lowest BCUT2D eigenvalue weighted by Gasteiger charge is -2.26. The van der Waals surface area contributed by atoms with Crippen molar-refractivity contribution in [1.82, 2.24) is 10.2 Å². The zero-order valence-corrected chi connectivity index (χ0v) is 13.9. The minimum Gasteiger partial charge on any atom is -0.394 e. The van der Waals surface area contributed by atoms with Crippen molar-refractivity contribution in [2.75, 3.05) is 13.2 Å². The summed E-state index contributed by atoms with van der Waals surface area (Å²) in [5.41, 5.74) is 1.86. The Morgan fingerprint density at radius 2 is 1.91 bits per heavy atom. The van der Waals surface area contributed by atoms with Crippen molar-refractivity contribution in [2.45, 2.75) is 33.2 Å². The summed E-state index contributed by atoms with van der Waals surface area (Å²) >= 11 is 0. The Bertz CT molecular complexity index is 596. The van der Waals surface area contributed by atoms with E-state index in [1.807, 2.05) is 32.9 Å². The average Bonchev–Trinajstić information content (AvgIpc) is 2.71. The molecule has 0 radical (unpaired) electrons. The molecule has 0 spiro atoms. The van der Waals surface area contributed by atoms with Gasteiger partial charge in [-0.1, -0.05) is 45.5 Å². The van der Waals surface area contributed by atoms with Gasteiger partial charge in [0.2, 0.25) is 5.91 Å². The Morgan fingerprint density at radius 3 is 2.43 bits per heavy atom. The Hall–Kier alpha value is -2.14. The van der Waals surface area contributed by atoms with E-state index in [9.17, 15) is 14.7 Å². The number of fused-ring (bicyclic) bond motifs is 1. The second-order valence-corrected chi connectivity index (χ2v) is 7.10. The predicted molar refractivity (Wildman–Crippen MR) is 89.6 cm³/mol. The van der Waals surface area contributed by atoms with Crippen LogP contribution in [0.2, 0.25) is 0 Å². The molecule has 1 atom stereocenters. The highest BCUT2D eigenvalue weighted by Gasteiger charge is 2.32. The molecule has 1 aromatic rings. The van der Waals surface area contributed by atoms with Crippen LogP contribution < -0.4 is 5.32 Å². The molecule has 0 bridgehead atoms. The molecule has 2 rings (SSSR count). The number of benzene rings is 1. The highest BCUT2D eigenvalue weighted by Crippen LogP contribution is 2.30. The highest BCUT2D eigenvalue weighted by atomic mass is 16.3. The fourth-order valence-electron chi connectivity index (χ4n) is 2.82. The van der Waals surface area contributed by atoms with Gasteiger partial charge < -0.3 is 10.4 Å². The smallest absolute Gasteiger partial charge is 0.259 e. The number of hydrogen-bond donors (Lipinski definition) is 2. The van der Waals surface area contributed by atoms with E-state index in [0.29, 0.717) is 17.7 Å². The van der Waals surface area contributed by atoms with Crippen molar-refractivity contribution >= 4 is 17.5 Å². The lowest BCUT2D eigenvalue weighted by molar-refractivity contribution is -0.122. The van der Waals surface area contributed by atoms with Crippen LogP contribution >= 0.6 is 0 Å². The summed E-state index contributed by atoms with van der Waals surface area (Å²) in [6.45, 7) is 9.84. The number of rotatable bonds is 5. The number of carbonyl (C=O) groups is 2. The van der Waals surface area contributed by atoms with Crippen LogP contribution in [-0.4, -0.2) is 41.0 Å². The Labute approximate surface area is 137 Å². The molecule has 2 amide bonds. The van der Waals surface area contributed by atoms with Gasteiger partial charge in [0.25, 0.3) is 5.91 Å². The molecule has 5 heteroatoms. The van der Waals surface area contributed by atoms with Crippen molar-refractivity contribution in [1.29, 1.82) is 0 Å². The minimum atomic E-state index is -0.323. The lowest BCUT2D eigenvalue weighted by Crippen LogP contribution is -2.44. The summed E-state index contributed by atoms with van der Waals surface area (Å²) in [4.78, 5) is 26.0. The zero-order valence-electron chi connectivity index (χ0n) is 13.9. The number of aliphatic hydroxyl groups excluding tert-OH is 1. The number of nitrogens with one attached hydrogen (secondary N) is 1. The Balaban J connectivity index is 2.01. The molecule has 23 heavy (non-hydrogen) atoms. The molecule has 0 fully saturated rings. The van der Waals surface area contributed by atoms with E-state index in [1.54, 1.807) is 12.1 Å². The second kappa shape index (κ2) is 6.54. The molecule has 0 aliphatic carbocycles. The van der Waals surface area contributed by atoms with Crippen LogP contribution in [-0.2, 0) is 4.79 Å².